The fourth-order valence-electron chi connectivity index (χ4n) is 4.01. The Morgan fingerprint density at radius 2 is 1.83 bits per heavy atom. The number of fused-ring (bicyclic) bond motifs is 1. The Morgan fingerprint density at radius 1 is 1.17 bits per heavy atom. The number of ether oxygens (including phenoxy) is 1. The summed E-state index contributed by atoms with van der Waals surface area (Å²) in [5.41, 5.74) is 1.47. The summed E-state index contributed by atoms with van der Waals surface area (Å²) < 4.78 is 6.43. The minimum absolute atomic E-state index is 0.0906. The van der Waals surface area contributed by atoms with E-state index in [1.54, 1.807) is 0 Å². The summed E-state index contributed by atoms with van der Waals surface area (Å²) in [6.45, 7) is 11.0. The number of benzene rings is 1. The van der Waals surface area contributed by atoms with Gasteiger partial charge in [0.2, 0.25) is 0 Å². The lowest BCUT2D eigenvalue weighted by Crippen LogP contribution is -2.30. The second-order valence-electron chi connectivity index (χ2n) is 6.80. The van der Waals surface area contributed by atoms with Crippen molar-refractivity contribution in [2.75, 3.05) is 0 Å². The molecular formula is C17H23O. The summed E-state index contributed by atoms with van der Waals surface area (Å²) in [5.74, 6) is 2.53. The van der Waals surface area contributed by atoms with Crippen molar-refractivity contribution < 1.29 is 4.74 Å². The first kappa shape index (κ1) is 12.1. The molecule has 1 aromatic carbocycles. The predicted molar refractivity (Wildman–Crippen MR) is 74.5 cm³/mol. The van der Waals surface area contributed by atoms with E-state index in [0.717, 1.165) is 23.1 Å². The maximum Gasteiger partial charge on any atom is 0.120 e. The molecule has 3 atom stereocenters. The van der Waals surface area contributed by atoms with Crippen molar-refractivity contribution in [3.05, 3.63) is 36.8 Å². The molecule has 97 valence electrons. The van der Waals surface area contributed by atoms with Gasteiger partial charge in [0.1, 0.15) is 11.4 Å². The van der Waals surface area contributed by atoms with Gasteiger partial charge in [0, 0.05) is 11.3 Å². The summed E-state index contributed by atoms with van der Waals surface area (Å²) >= 11 is 0. The summed E-state index contributed by atoms with van der Waals surface area (Å²) in [7, 11) is 0. The van der Waals surface area contributed by atoms with Gasteiger partial charge in [0.05, 0.1) is 0 Å². The number of hydrogen-bond acceptors (Lipinski definition) is 1. The molecule has 2 aliphatic carbocycles. The lowest BCUT2D eigenvalue weighted by molar-refractivity contribution is 0.0847. The van der Waals surface area contributed by atoms with Crippen LogP contribution in [0.25, 0.3) is 0 Å². The van der Waals surface area contributed by atoms with E-state index >= 15 is 0 Å². The average molecular weight is 243 g/mol. The maximum absolute atomic E-state index is 6.43. The molecule has 0 saturated heterocycles. The Kier molecular flexibility index (Phi) is 2.52. The van der Waals surface area contributed by atoms with Crippen LogP contribution in [0.4, 0.5) is 0 Å². The lowest BCUT2D eigenvalue weighted by Gasteiger charge is -2.29. The van der Waals surface area contributed by atoms with E-state index < -0.39 is 0 Å². The van der Waals surface area contributed by atoms with Crippen molar-refractivity contribution in [3.8, 4) is 5.75 Å². The summed E-state index contributed by atoms with van der Waals surface area (Å²) in [4.78, 5) is 0. The van der Waals surface area contributed by atoms with Crippen molar-refractivity contribution >= 4 is 0 Å². The molecule has 1 radical (unpaired) electrons. The Hall–Kier alpha value is -0.980. The van der Waals surface area contributed by atoms with Crippen molar-refractivity contribution in [1.82, 2.24) is 0 Å². The smallest absolute Gasteiger partial charge is 0.120 e. The fourth-order valence-corrected chi connectivity index (χ4v) is 4.01. The molecule has 1 nitrogen and oxygen atoms in total. The standard InChI is InChI=1S/C17H23O/c1-12-5-8-14(9-6-12)18-17-11-13(2)7-10-15(17)16(17,3)4/h5-6,8-9,13,15H,1,7,10-11H2,2-4H3. The van der Waals surface area contributed by atoms with Crippen LogP contribution >= 0.6 is 0 Å². The second kappa shape index (κ2) is 3.76. The van der Waals surface area contributed by atoms with E-state index in [4.69, 9.17) is 4.74 Å². The van der Waals surface area contributed by atoms with Crippen LogP contribution in [-0.4, -0.2) is 5.60 Å². The van der Waals surface area contributed by atoms with Gasteiger partial charge in [-0.05, 0) is 43.4 Å². The third-order valence-corrected chi connectivity index (χ3v) is 5.26. The van der Waals surface area contributed by atoms with Crippen LogP contribution in [0, 0.1) is 24.2 Å². The minimum atomic E-state index is 0.0906. The molecular weight excluding hydrogens is 220 g/mol. The molecule has 0 heterocycles. The monoisotopic (exact) mass is 243 g/mol. The van der Waals surface area contributed by atoms with E-state index in [2.05, 4.69) is 39.8 Å². The molecule has 0 N–H and O–H groups in total. The Morgan fingerprint density at radius 3 is 2.50 bits per heavy atom. The van der Waals surface area contributed by atoms with Crippen molar-refractivity contribution in [1.29, 1.82) is 0 Å². The number of rotatable bonds is 2. The fraction of sp³-hybridized carbons (Fsp3) is 0.588. The third kappa shape index (κ3) is 1.60. The SMILES string of the molecule is [CH2]c1ccc(OC23CC(C)CCC2C3(C)C)cc1. The van der Waals surface area contributed by atoms with E-state index in [1.807, 2.05) is 12.1 Å². The largest absolute Gasteiger partial charge is 0.486 e. The topological polar surface area (TPSA) is 9.23 Å². The van der Waals surface area contributed by atoms with Gasteiger partial charge in [-0.15, -0.1) is 0 Å². The van der Waals surface area contributed by atoms with Crippen molar-refractivity contribution in [2.24, 2.45) is 17.3 Å². The molecule has 2 aliphatic rings. The summed E-state index contributed by atoms with van der Waals surface area (Å²) in [6.07, 6.45) is 3.88. The Bertz CT molecular complexity index is 445. The molecule has 1 aromatic rings. The highest BCUT2D eigenvalue weighted by molar-refractivity contribution is 5.33. The first-order chi connectivity index (χ1) is 8.46. The predicted octanol–water partition coefficient (Wildman–Crippen LogP) is 4.46. The molecule has 3 rings (SSSR count). The quantitative estimate of drug-likeness (QED) is 0.745. The Balaban J connectivity index is 1.84. The molecule has 1 heteroatoms. The molecule has 0 amide bonds. The highest BCUT2D eigenvalue weighted by atomic mass is 16.5. The molecule has 2 saturated carbocycles. The molecule has 18 heavy (non-hydrogen) atoms. The van der Waals surface area contributed by atoms with E-state index in [-0.39, 0.29) is 5.60 Å². The van der Waals surface area contributed by atoms with Gasteiger partial charge in [0.25, 0.3) is 0 Å². The second-order valence-corrected chi connectivity index (χ2v) is 6.80. The molecule has 0 aliphatic heterocycles. The van der Waals surface area contributed by atoms with E-state index in [9.17, 15) is 0 Å². The highest BCUT2D eigenvalue weighted by Gasteiger charge is 2.74. The van der Waals surface area contributed by atoms with Crippen LogP contribution < -0.4 is 4.74 Å². The lowest BCUT2D eigenvalue weighted by atomic mass is 9.88. The molecule has 2 fully saturated rings. The van der Waals surface area contributed by atoms with Gasteiger partial charge >= 0.3 is 0 Å². The van der Waals surface area contributed by atoms with E-state index in [1.165, 1.54) is 19.3 Å². The summed E-state index contributed by atoms with van der Waals surface area (Å²) in [5, 5.41) is 0. The molecule has 0 aromatic heterocycles. The average Bonchev–Trinajstić information content (AvgIpc) is 2.77. The minimum Gasteiger partial charge on any atom is -0.486 e. The Labute approximate surface area is 111 Å². The normalized spacial score (nSPS) is 36.9. The van der Waals surface area contributed by atoms with Gasteiger partial charge in [-0.1, -0.05) is 39.3 Å². The van der Waals surface area contributed by atoms with Crippen LogP contribution in [0.5, 0.6) is 5.75 Å². The maximum atomic E-state index is 6.43. The highest BCUT2D eigenvalue weighted by Crippen LogP contribution is 2.70. The molecule has 3 unspecified atom stereocenters. The van der Waals surface area contributed by atoms with Gasteiger partial charge in [-0.3, -0.25) is 0 Å². The number of hydrogen-bond donors (Lipinski definition) is 0. The van der Waals surface area contributed by atoms with Crippen LogP contribution in [0.15, 0.2) is 24.3 Å². The first-order valence-corrected chi connectivity index (χ1v) is 7.07. The third-order valence-electron chi connectivity index (χ3n) is 5.26. The van der Waals surface area contributed by atoms with Crippen LogP contribution in [0.2, 0.25) is 0 Å². The zero-order valence-corrected chi connectivity index (χ0v) is 11.7. The van der Waals surface area contributed by atoms with E-state index in [0.29, 0.717) is 5.41 Å². The first-order valence-electron chi connectivity index (χ1n) is 7.07. The van der Waals surface area contributed by atoms with Gasteiger partial charge in [0.15, 0.2) is 0 Å². The van der Waals surface area contributed by atoms with Crippen LogP contribution in [0.3, 0.4) is 0 Å². The van der Waals surface area contributed by atoms with Crippen LogP contribution in [-0.2, 0) is 0 Å². The zero-order valence-electron chi connectivity index (χ0n) is 11.7. The molecule has 0 bridgehead atoms. The van der Waals surface area contributed by atoms with Crippen molar-refractivity contribution in [2.45, 2.75) is 45.6 Å². The van der Waals surface area contributed by atoms with Gasteiger partial charge < -0.3 is 4.74 Å². The van der Waals surface area contributed by atoms with Gasteiger partial charge in [-0.2, -0.15) is 0 Å². The zero-order chi connectivity index (χ0) is 13.0. The molecule has 0 spiro atoms. The summed E-state index contributed by atoms with van der Waals surface area (Å²) in [6, 6.07) is 8.18. The van der Waals surface area contributed by atoms with Gasteiger partial charge in [-0.25, -0.2) is 0 Å². The van der Waals surface area contributed by atoms with Crippen molar-refractivity contribution in [3.63, 3.8) is 0 Å². The van der Waals surface area contributed by atoms with Crippen LogP contribution in [0.1, 0.15) is 45.6 Å².